The van der Waals surface area contributed by atoms with Crippen molar-refractivity contribution in [1.82, 2.24) is 0 Å². The molecule has 2 fully saturated rings. The van der Waals surface area contributed by atoms with Gasteiger partial charge in [-0.3, -0.25) is 0 Å². The minimum atomic E-state index is -3.67. The first-order valence-electron chi connectivity index (χ1n) is 8.83. The summed E-state index contributed by atoms with van der Waals surface area (Å²) in [4.78, 5) is 0. The summed E-state index contributed by atoms with van der Waals surface area (Å²) in [5.74, 6) is 1.78. The maximum atomic E-state index is 9.67. The van der Waals surface area contributed by atoms with Crippen LogP contribution in [0.15, 0.2) is 18.2 Å². The van der Waals surface area contributed by atoms with Gasteiger partial charge in [0, 0.05) is 0 Å². The minimum absolute atomic E-state index is 0. The van der Waals surface area contributed by atoms with Crippen molar-refractivity contribution in [1.29, 1.82) is 0 Å². The van der Waals surface area contributed by atoms with Gasteiger partial charge in [0.2, 0.25) is 0 Å². The number of rotatable bonds is 2. The first kappa shape index (κ1) is 22.3. The van der Waals surface area contributed by atoms with Crippen LogP contribution in [0.5, 0.6) is 0 Å². The fourth-order valence-electron chi connectivity index (χ4n) is 4.18. The summed E-state index contributed by atoms with van der Waals surface area (Å²) >= 11 is 1.45. The van der Waals surface area contributed by atoms with Gasteiger partial charge in [-0.2, -0.15) is 26.7 Å². The zero-order valence-electron chi connectivity index (χ0n) is 14.1. The molecule has 0 atom stereocenters. The molecular weight excluding hydrogens is 526 g/mol. The van der Waals surface area contributed by atoms with E-state index >= 15 is 0 Å². The molecule has 0 amide bonds. The van der Waals surface area contributed by atoms with Gasteiger partial charge in [-0.15, -0.1) is 0 Å². The number of hydrogen-bond acceptors (Lipinski definition) is 0. The van der Waals surface area contributed by atoms with E-state index in [1.54, 1.807) is 8.83 Å². The van der Waals surface area contributed by atoms with Gasteiger partial charge in [0.15, 0.2) is 0 Å². The van der Waals surface area contributed by atoms with Gasteiger partial charge < -0.3 is 0 Å². The molecule has 1 aromatic rings. The van der Waals surface area contributed by atoms with Crippen molar-refractivity contribution in [3.8, 4) is 0 Å². The Morgan fingerprint density at radius 1 is 0.792 bits per heavy atom. The van der Waals surface area contributed by atoms with E-state index in [4.69, 9.17) is 0 Å². The van der Waals surface area contributed by atoms with Gasteiger partial charge in [-0.25, -0.2) is 0 Å². The molecule has 2 aliphatic rings. The fourth-order valence-corrected chi connectivity index (χ4v) is 5.72. The van der Waals surface area contributed by atoms with Gasteiger partial charge in [0.05, 0.1) is 0 Å². The average molecular weight is 554 g/mol. The molecule has 0 unspecified atom stereocenters. The van der Waals surface area contributed by atoms with Crippen LogP contribution >= 0.6 is 13.5 Å². The maximum absolute atomic E-state index is 9.67. The second-order valence-corrected chi connectivity index (χ2v) is 8.57. The second-order valence-electron chi connectivity index (χ2n) is 6.70. The van der Waals surface area contributed by atoms with Gasteiger partial charge in [-0.05, 0) is 0 Å². The van der Waals surface area contributed by atoms with Crippen LogP contribution in [-0.2, 0) is 0 Å². The molecule has 136 valence electrons. The molecule has 24 heavy (non-hydrogen) atoms. The molecule has 5 heteroatoms. The van der Waals surface area contributed by atoms with Gasteiger partial charge in [0.1, 0.15) is 0 Å². The Labute approximate surface area is 166 Å². The van der Waals surface area contributed by atoms with E-state index in [-0.39, 0.29) is 13.5 Å². The first-order chi connectivity index (χ1) is 11.1. The Morgan fingerprint density at radius 2 is 1.25 bits per heavy atom. The summed E-state index contributed by atoms with van der Waals surface area (Å²) in [5, 5.41) is 0. The Kier molecular flexibility index (Phi) is 10.9. The fraction of sp³-hybridized carbons (Fsp3) is 0.684. The van der Waals surface area contributed by atoms with Gasteiger partial charge >= 0.3 is 140 Å². The Morgan fingerprint density at radius 3 is 1.75 bits per heavy atom. The quantitative estimate of drug-likeness (QED) is 0.402. The van der Waals surface area contributed by atoms with Crippen LogP contribution in [0.2, 0.25) is 0 Å². The first-order valence-corrected chi connectivity index (χ1v) is 10.6. The van der Waals surface area contributed by atoms with E-state index in [9.17, 15) is 13.2 Å². The topological polar surface area (TPSA) is 0 Å². The van der Waals surface area contributed by atoms with E-state index in [2.05, 4.69) is 18.2 Å². The zero-order chi connectivity index (χ0) is 16.7. The van der Waals surface area contributed by atoms with E-state index < -0.39 is 6.68 Å². The monoisotopic (exact) mass is 554 g/mol. The number of hydrogen-bond donors (Lipinski definition) is 0. The van der Waals surface area contributed by atoms with E-state index in [1.165, 1.54) is 88.9 Å². The summed E-state index contributed by atoms with van der Waals surface area (Å²) < 4.78 is 30.7. The molecule has 2 radical (unpaired) electrons. The third-order valence-electron chi connectivity index (χ3n) is 5.18. The molecular formula is C19H28BiF3S. The summed E-state index contributed by atoms with van der Waals surface area (Å²) in [6.07, 6.45) is 14.6. The van der Waals surface area contributed by atoms with Crippen LogP contribution in [-0.4, -0.2) is 31.4 Å². The SMILES string of the molecule is FC(F)F.S.[Bi][c]1cccc(C2CCCCC2)c1C1CCCCC1. The molecule has 3 rings (SSSR count). The molecule has 0 N–H and O–H groups in total. The molecule has 0 bridgehead atoms. The number of halogens is 3. The summed E-state index contributed by atoms with van der Waals surface area (Å²) in [6, 6.07) is 7.19. The molecule has 1 aromatic carbocycles. The molecule has 2 saturated carbocycles. The third-order valence-corrected chi connectivity index (χ3v) is 6.69. The molecule has 0 heterocycles. The van der Waals surface area contributed by atoms with Crippen LogP contribution in [0.3, 0.4) is 0 Å². The zero-order valence-corrected chi connectivity index (χ0v) is 18.6. The van der Waals surface area contributed by atoms with Gasteiger partial charge in [0.25, 0.3) is 0 Å². The Balaban J connectivity index is 0.000000522. The molecule has 0 saturated heterocycles. The van der Waals surface area contributed by atoms with Crippen LogP contribution in [0.25, 0.3) is 0 Å². The molecule has 0 aliphatic heterocycles. The normalized spacial score (nSPS) is 19.4. The van der Waals surface area contributed by atoms with Crippen LogP contribution in [0.1, 0.15) is 87.2 Å². The van der Waals surface area contributed by atoms with Crippen molar-refractivity contribution >= 4 is 41.5 Å². The average Bonchev–Trinajstić information content (AvgIpc) is 2.56. The van der Waals surface area contributed by atoms with E-state index in [1.807, 2.05) is 5.56 Å². The molecule has 2 aliphatic carbocycles. The predicted molar refractivity (Wildman–Crippen MR) is 101 cm³/mol. The Bertz CT molecular complexity index is 467. The number of benzene rings is 1. The summed E-state index contributed by atoms with van der Waals surface area (Å²) in [5.41, 5.74) is 3.56. The van der Waals surface area contributed by atoms with Gasteiger partial charge in [-0.1, -0.05) is 0 Å². The van der Waals surface area contributed by atoms with Crippen molar-refractivity contribution in [2.45, 2.75) is 82.7 Å². The van der Waals surface area contributed by atoms with Crippen molar-refractivity contribution < 1.29 is 13.2 Å². The van der Waals surface area contributed by atoms with Crippen LogP contribution < -0.4 is 3.27 Å². The second kappa shape index (κ2) is 11.8. The van der Waals surface area contributed by atoms with Crippen molar-refractivity contribution in [2.75, 3.05) is 0 Å². The predicted octanol–water partition coefficient (Wildman–Crippen LogP) is 5.87. The third kappa shape index (κ3) is 6.86. The number of alkyl halides is 3. The summed E-state index contributed by atoms with van der Waals surface area (Å²) in [7, 11) is 0. The molecule has 0 aromatic heterocycles. The van der Waals surface area contributed by atoms with E-state index in [0.29, 0.717) is 0 Å². The van der Waals surface area contributed by atoms with Crippen LogP contribution in [0, 0.1) is 0 Å². The molecule has 0 spiro atoms. The van der Waals surface area contributed by atoms with Crippen molar-refractivity contribution in [3.05, 3.63) is 29.3 Å². The van der Waals surface area contributed by atoms with Crippen molar-refractivity contribution in [2.24, 2.45) is 0 Å². The van der Waals surface area contributed by atoms with Crippen molar-refractivity contribution in [3.63, 3.8) is 0 Å². The molecule has 0 nitrogen and oxygen atoms in total. The van der Waals surface area contributed by atoms with Crippen LogP contribution in [0.4, 0.5) is 13.2 Å². The standard InChI is InChI=1S/C18H25.CHF3.Bi.H2S/c1-3-9-15(10-4-1)17-13-7-8-14-18(17)16-11-5-2-6-12-16;2-1(3)4;;/h7-8,13,15-16H,1-6,9-12H2;1H;;1H2. The van der Waals surface area contributed by atoms with E-state index in [0.717, 1.165) is 11.8 Å². The Hall–Kier alpha value is 0.243. The summed E-state index contributed by atoms with van der Waals surface area (Å²) in [6.45, 7) is -3.67.